The van der Waals surface area contributed by atoms with Crippen molar-refractivity contribution in [2.75, 3.05) is 0 Å². The van der Waals surface area contributed by atoms with Gasteiger partial charge in [0.2, 0.25) is 0 Å². The number of aliphatic hydroxyl groups excluding tert-OH is 2. The Morgan fingerprint density at radius 2 is 1.59 bits per heavy atom. The molecule has 0 saturated carbocycles. The number of halogens is 2. The van der Waals surface area contributed by atoms with Crippen LogP contribution in [0.5, 0.6) is 0 Å². The van der Waals surface area contributed by atoms with Gasteiger partial charge in [0, 0.05) is 24.4 Å². The van der Waals surface area contributed by atoms with Gasteiger partial charge in [-0.25, -0.2) is 8.78 Å². The van der Waals surface area contributed by atoms with E-state index in [1.807, 2.05) is 0 Å². The van der Waals surface area contributed by atoms with Crippen molar-refractivity contribution in [1.82, 2.24) is 20.2 Å². The number of benzene rings is 2. The first-order valence-electron chi connectivity index (χ1n) is 10.00. The number of aliphatic carboxylic acids is 1. The van der Waals surface area contributed by atoms with E-state index in [1.54, 1.807) is 31.2 Å². The molecule has 0 saturated heterocycles. The number of nitrogens with zero attached hydrogens (tertiary/aromatic N) is 4. The predicted octanol–water partition coefficient (Wildman–Crippen LogP) is -1.51. The van der Waals surface area contributed by atoms with Gasteiger partial charge in [0.15, 0.2) is 5.82 Å². The van der Waals surface area contributed by atoms with Gasteiger partial charge in [0.1, 0.15) is 11.6 Å². The summed E-state index contributed by atoms with van der Waals surface area (Å²) in [6.45, 7) is 1.65. The van der Waals surface area contributed by atoms with Crippen LogP contribution < -0.4 is 34.7 Å². The molecule has 1 aromatic heterocycles. The van der Waals surface area contributed by atoms with Gasteiger partial charge in [-0.15, -0.1) is 5.10 Å². The zero-order valence-electron chi connectivity index (χ0n) is 18.6. The van der Waals surface area contributed by atoms with E-state index in [0.717, 1.165) is 0 Å². The SMILES string of the molecule is Cc1nnnn1C(/C=C/[C@@H](O)C[C@@H](O)CC(=O)[O-])=C(c1ccc(F)cc1)c1ccc(F)cc1.[Na+]. The van der Waals surface area contributed by atoms with Gasteiger partial charge in [-0.05, 0) is 58.8 Å². The number of carbonyl (C=O) groups excluding carboxylic acids is 1. The summed E-state index contributed by atoms with van der Waals surface area (Å²) in [4.78, 5) is 10.6. The minimum atomic E-state index is -1.43. The van der Waals surface area contributed by atoms with Gasteiger partial charge >= 0.3 is 29.6 Å². The third-order valence-corrected chi connectivity index (χ3v) is 4.77. The molecule has 0 fully saturated rings. The van der Waals surface area contributed by atoms with Gasteiger partial charge in [-0.2, -0.15) is 4.68 Å². The van der Waals surface area contributed by atoms with Crippen molar-refractivity contribution in [1.29, 1.82) is 0 Å². The Labute approximate surface area is 216 Å². The number of aryl methyl sites for hydroxylation is 1. The molecule has 0 aliphatic heterocycles. The topological polar surface area (TPSA) is 124 Å². The maximum Gasteiger partial charge on any atom is 1.00 e. The second kappa shape index (κ2) is 12.6. The Kier molecular flexibility index (Phi) is 10.2. The molecule has 0 spiro atoms. The largest absolute Gasteiger partial charge is 1.00 e. The molecular formula is C23H21F2N4NaO4. The molecule has 0 bridgehead atoms. The van der Waals surface area contributed by atoms with Crippen molar-refractivity contribution < 1.29 is 58.5 Å². The summed E-state index contributed by atoms with van der Waals surface area (Å²) < 4.78 is 28.6. The maximum absolute atomic E-state index is 13.6. The van der Waals surface area contributed by atoms with E-state index >= 15 is 0 Å². The van der Waals surface area contributed by atoms with Crippen molar-refractivity contribution in [3.8, 4) is 0 Å². The van der Waals surface area contributed by atoms with Crippen molar-refractivity contribution in [3.05, 3.63) is 89.3 Å². The fourth-order valence-corrected chi connectivity index (χ4v) is 3.24. The molecule has 0 aliphatic carbocycles. The summed E-state index contributed by atoms with van der Waals surface area (Å²) in [5, 5.41) is 42.2. The van der Waals surface area contributed by atoms with E-state index < -0.39 is 36.2 Å². The zero-order valence-corrected chi connectivity index (χ0v) is 20.6. The summed E-state index contributed by atoms with van der Waals surface area (Å²) >= 11 is 0. The average Bonchev–Trinajstić information content (AvgIpc) is 3.18. The molecule has 0 unspecified atom stereocenters. The van der Waals surface area contributed by atoms with E-state index in [2.05, 4.69) is 15.5 Å². The molecule has 0 amide bonds. The van der Waals surface area contributed by atoms with E-state index in [9.17, 15) is 28.9 Å². The summed E-state index contributed by atoms with van der Waals surface area (Å²) in [5.41, 5.74) is 2.04. The number of tetrazole rings is 1. The molecule has 8 nitrogen and oxygen atoms in total. The van der Waals surface area contributed by atoms with Gasteiger partial charge in [0.05, 0.1) is 17.9 Å². The molecule has 2 aromatic carbocycles. The molecule has 2 atom stereocenters. The van der Waals surface area contributed by atoms with E-state index in [4.69, 9.17) is 0 Å². The van der Waals surface area contributed by atoms with Gasteiger partial charge in [-0.1, -0.05) is 30.3 Å². The van der Waals surface area contributed by atoms with Crippen LogP contribution in [0.4, 0.5) is 8.78 Å². The second-order valence-corrected chi connectivity index (χ2v) is 7.30. The summed E-state index contributed by atoms with van der Waals surface area (Å²) in [5.74, 6) is -1.91. The molecule has 2 N–H and O–H groups in total. The third kappa shape index (κ3) is 7.37. The van der Waals surface area contributed by atoms with E-state index in [1.165, 1.54) is 41.1 Å². The third-order valence-electron chi connectivity index (χ3n) is 4.77. The molecule has 172 valence electrons. The fraction of sp³-hybridized carbons (Fsp3) is 0.217. The maximum atomic E-state index is 13.6. The Morgan fingerprint density at radius 3 is 2.03 bits per heavy atom. The number of carbonyl (C=O) groups is 1. The monoisotopic (exact) mass is 478 g/mol. The normalized spacial score (nSPS) is 12.7. The number of hydrogen-bond acceptors (Lipinski definition) is 7. The molecule has 3 rings (SSSR count). The predicted molar refractivity (Wildman–Crippen MR) is 113 cm³/mol. The zero-order chi connectivity index (χ0) is 24.0. The molecule has 11 heteroatoms. The minimum absolute atomic E-state index is 0. The van der Waals surface area contributed by atoms with Crippen LogP contribution in [0.3, 0.4) is 0 Å². The minimum Gasteiger partial charge on any atom is -0.550 e. The number of allylic oxidation sites excluding steroid dienone is 2. The molecule has 0 radical (unpaired) electrons. The van der Waals surface area contributed by atoms with Crippen LogP contribution in [0.15, 0.2) is 60.7 Å². The molecule has 3 aromatic rings. The van der Waals surface area contributed by atoms with Gasteiger partial charge < -0.3 is 20.1 Å². The number of aromatic nitrogens is 4. The van der Waals surface area contributed by atoms with Crippen LogP contribution in [0.25, 0.3) is 11.3 Å². The van der Waals surface area contributed by atoms with Crippen molar-refractivity contribution in [2.24, 2.45) is 0 Å². The standard InChI is InChI=1S/C23H22F2N4O4.Na/c1-14-26-27-28-29(14)21(11-10-19(30)12-20(31)13-22(32)33)23(15-2-6-17(24)7-3-15)16-4-8-18(25)9-5-16;/h2-11,19-20,30-31H,12-13H2,1H3,(H,32,33);/q;+1/p-1/b11-10+;/t19-,20-;/m1./s1. The van der Waals surface area contributed by atoms with E-state index in [-0.39, 0.29) is 36.0 Å². The van der Waals surface area contributed by atoms with Crippen LogP contribution >= 0.6 is 0 Å². The first-order chi connectivity index (χ1) is 15.7. The first-order valence-corrected chi connectivity index (χ1v) is 10.00. The molecule has 1 heterocycles. The molecular weight excluding hydrogens is 457 g/mol. The number of carboxylic acids is 1. The van der Waals surface area contributed by atoms with Crippen molar-refractivity contribution >= 4 is 17.2 Å². The molecule has 0 aliphatic rings. The van der Waals surface area contributed by atoms with E-state index in [0.29, 0.717) is 28.2 Å². The number of aliphatic hydroxyl groups is 2. The van der Waals surface area contributed by atoms with Crippen LogP contribution in [0, 0.1) is 18.6 Å². The first kappa shape index (κ1) is 27.5. The van der Waals surface area contributed by atoms with Crippen LogP contribution in [0.2, 0.25) is 0 Å². The second-order valence-electron chi connectivity index (χ2n) is 7.30. The van der Waals surface area contributed by atoms with Gasteiger partial charge in [-0.3, -0.25) is 0 Å². The number of carboxylic acid groups (broad SMARTS) is 1. The van der Waals surface area contributed by atoms with Crippen LogP contribution in [-0.4, -0.2) is 48.6 Å². The smallest absolute Gasteiger partial charge is 0.550 e. The summed E-state index contributed by atoms with van der Waals surface area (Å²) in [6, 6.07) is 11.3. The van der Waals surface area contributed by atoms with Gasteiger partial charge in [0.25, 0.3) is 0 Å². The Bertz CT molecular complexity index is 1120. The summed E-state index contributed by atoms with van der Waals surface area (Å²) in [7, 11) is 0. The average molecular weight is 478 g/mol. The Hall–Kier alpha value is -2.76. The fourth-order valence-electron chi connectivity index (χ4n) is 3.24. The molecule has 34 heavy (non-hydrogen) atoms. The quantitative estimate of drug-likeness (QED) is 0.283. The van der Waals surface area contributed by atoms with Crippen LogP contribution in [0.1, 0.15) is 29.8 Å². The number of rotatable bonds is 9. The Morgan fingerprint density at radius 1 is 1.06 bits per heavy atom. The summed E-state index contributed by atoms with van der Waals surface area (Å²) in [6.07, 6.45) is -0.506. The van der Waals surface area contributed by atoms with Crippen LogP contribution in [-0.2, 0) is 4.79 Å². The number of hydrogen-bond donors (Lipinski definition) is 2. The van der Waals surface area contributed by atoms with Crippen molar-refractivity contribution in [3.63, 3.8) is 0 Å². The Balaban J connectivity index is 0.00000408. The van der Waals surface area contributed by atoms with Crippen molar-refractivity contribution in [2.45, 2.75) is 32.0 Å².